The van der Waals surface area contributed by atoms with Crippen LogP contribution in [0.2, 0.25) is 0 Å². The van der Waals surface area contributed by atoms with Crippen molar-refractivity contribution >= 4 is 5.82 Å². The van der Waals surface area contributed by atoms with Crippen LogP contribution >= 0.6 is 0 Å². The first-order chi connectivity index (χ1) is 9.13. The van der Waals surface area contributed by atoms with Crippen LogP contribution in [0.5, 0.6) is 0 Å². The maximum atomic E-state index is 4.84. The highest BCUT2D eigenvalue weighted by Gasteiger charge is 2.38. The van der Waals surface area contributed by atoms with Crippen molar-refractivity contribution in [2.24, 2.45) is 5.92 Å². The zero-order chi connectivity index (χ0) is 13.4. The van der Waals surface area contributed by atoms with Gasteiger partial charge in [-0.05, 0) is 43.7 Å². The molecular formula is C16H25N3. The number of hydrogen-bond acceptors (Lipinski definition) is 3. The molecule has 2 atom stereocenters. The summed E-state index contributed by atoms with van der Waals surface area (Å²) in [6, 6.07) is 5.74. The molecule has 1 aliphatic heterocycles. The van der Waals surface area contributed by atoms with Gasteiger partial charge in [0.1, 0.15) is 5.82 Å². The molecule has 19 heavy (non-hydrogen) atoms. The minimum absolute atomic E-state index is 0.522. The van der Waals surface area contributed by atoms with Gasteiger partial charge in [-0.25, -0.2) is 4.98 Å². The highest BCUT2D eigenvalue weighted by Crippen LogP contribution is 2.39. The molecule has 3 heteroatoms. The summed E-state index contributed by atoms with van der Waals surface area (Å²) in [7, 11) is 0. The molecule has 0 amide bonds. The lowest BCUT2D eigenvalue weighted by atomic mass is 10.1. The molecule has 1 N–H and O–H groups in total. The van der Waals surface area contributed by atoms with E-state index in [4.69, 9.17) is 4.98 Å². The van der Waals surface area contributed by atoms with E-state index in [1.54, 1.807) is 0 Å². The summed E-state index contributed by atoms with van der Waals surface area (Å²) in [5.74, 6) is 2.12. The van der Waals surface area contributed by atoms with Gasteiger partial charge < -0.3 is 10.2 Å². The molecule has 2 aliphatic rings. The van der Waals surface area contributed by atoms with E-state index in [0.717, 1.165) is 18.5 Å². The van der Waals surface area contributed by atoms with E-state index in [2.05, 4.69) is 43.1 Å². The van der Waals surface area contributed by atoms with Gasteiger partial charge in [0.25, 0.3) is 0 Å². The maximum Gasteiger partial charge on any atom is 0.129 e. The first-order valence-electron chi connectivity index (χ1n) is 7.60. The summed E-state index contributed by atoms with van der Waals surface area (Å²) < 4.78 is 0. The number of nitrogens with zero attached hydrogens (tertiary/aromatic N) is 2. The van der Waals surface area contributed by atoms with Gasteiger partial charge in [0, 0.05) is 30.9 Å². The highest BCUT2D eigenvalue weighted by molar-refractivity contribution is 5.45. The van der Waals surface area contributed by atoms with Crippen molar-refractivity contribution < 1.29 is 0 Å². The van der Waals surface area contributed by atoms with Crippen LogP contribution in [0, 0.1) is 12.8 Å². The Morgan fingerprint density at radius 2 is 2.21 bits per heavy atom. The first kappa shape index (κ1) is 12.9. The predicted molar refractivity (Wildman–Crippen MR) is 79.4 cm³/mol. The lowest BCUT2D eigenvalue weighted by Crippen LogP contribution is -2.32. The van der Waals surface area contributed by atoms with Crippen LogP contribution in [0.3, 0.4) is 0 Å². The molecule has 1 aliphatic carbocycles. The minimum Gasteiger partial charge on any atom is -0.353 e. The van der Waals surface area contributed by atoms with E-state index in [0.29, 0.717) is 6.04 Å². The summed E-state index contributed by atoms with van der Waals surface area (Å²) in [6.45, 7) is 8.63. The van der Waals surface area contributed by atoms with Crippen LogP contribution in [0.4, 0.5) is 5.82 Å². The van der Waals surface area contributed by atoms with Crippen molar-refractivity contribution in [3.8, 4) is 0 Å². The van der Waals surface area contributed by atoms with Crippen LogP contribution in [0.1, 0.15) is 44.4 Å². The molecule has 3 nitrogen and oxygen atoms in total. The zero-order valence-electron chi connectivity index (χ0n) is 12.3. The normalized spacial score (nSPS) is 25.6. The van der Waals surface area contributed by atoms with Gasteiger partial charge in [-0.3, -0.25) is 0 Å². The van der Waals surface area contributed by atoms with Crippen molar-refractivity contribution in [2.45, 2.75) is 58.7 Å². The largest absolute Gasteiger partial charge is 0.353 e. The number of aromatic nitrogens is 1. The molecule has 2 heterocycles. The molecule has 0 aromatic carbocycles. The average Bonchev–Trinajstić information content (AvgIpc) is 2.99. The Hall–Kier alpha value is -1.09. The van der Waals surface area contributed by atoms with E-state index in [1.807, 2.05) is 0 Å². The van der Waals surface area contributed by atoms with E-state index < -0.39 is 0 Å². The van der Waals surface area contributed by atoms with Crippen molar-refractivity contribution in [3.05, 3.63) is 23.4 Å². The van der Waals surface area contributed by atoms with Gasteiger partial charge in [-0.1, -0.05) is 19.9 Å². The van der Waals surface area contributed by atoms with Gasteiger partial charge in [-0.2, -0.15) is 0 Å². The van der Waals surface area contributed by atoms with E-state index in [9.17, 15) is 0 Å². The van der Waals surface area contributed by atoms with E-state index >= 15 is 0 Å². The standard InChI is InChI=1S/C16H25N3/c1-11(2)17-9-14-5-7-16(18-12(14)3)19-10-13-4-6-15(19)8-13/h5,7,11,13,15,17H,4,6,8-10H2,1-3H3. The Balaban J connectivity index is 1.72. The minimum atomic E-state index is 0.522. The molecule has 0 spiro atoms. The second kappa shape index (κ2) is 5.12. The smallest absolute Gasteiger partial charge is 0.129 e. The van der Waals surface area contributed by atoms with Crippen molar-refractivity contribution in [1.29, 1.82) is 0 Å². The van der Waals surface area contributed by atoms with Crippen molar-refractivity contribution in [2.75, 3.05) is 11.4 Å². The van der Waals surface area contributed by atoms with Gasteiger partial charge in [0.15, 0.2) is 0 Å². The van der Waals surface area contributed by atoms with Crippen LogP contribution < -0.4 is 10.2 Å². The molecule has 1 saturated carbocycles. The molecular weight excluding hydrogens is 234 g/mol. The maximum absolute atomic E-state index is 4.84. The monoisotopic (exact) mass is 259 g/mol. The molecule has 2 fully saturated rings. The molecule has 2 bridgehead atoms. The quantitative estimate of drug-likeness (QED) is 0.901. The number of nitrogens with one attached hydrogen (secondary N) is 1. The SMILES string of the molecule is Cc1nc(N2CC3CCC2C3)ccc1CNC(C)C. The van der Waals surface area contributed by atoms with E-state index in [1.165, 1.54) is 42.9 Å². The fourth-order valence-electron chi connectivity index (χ4n) is 3.44. The second-order valence-electron chi connectivity index (χ2n) is 6.43. The fraction of sp³-hybridized carbons (Fsp3) is 0.688. The Bertz CT molecular complexity index is 455. The van der Waals surface area contributed by atoms with Crippen LogP contribution in [0.15, 0.2) is 12.1 Å². The summed E-state index contributed by atoms with van der Waals surface area (Å²) in [4.78, 5) is 7.37. The number of rotatable bonds is 4. The Kier molecular flexibility index (Phi) is 3.48. The Labute approximate surface area is 116 Å². The molecule has 0 radical (unpaired) electrons. The number of piperidine rings is 1. The Morgan fingerprint density at radius 1 is 1.37 bits per heavy atom. The lowest BCUT2D eigenvalue weighted by molar-refractivity contribution is 0.549. The topological polar surface area (TPSA) is 28.2 Å². The number of fused-ring (bicyclic) bond motifs is 2. The van der Waals surface area contributed by atoms with Gasteiger partial charge >= 0.3 is 0 Å². The lowest BCUT2D eigenvalue weighted by Gasteiger charge is -2.28. The predicted octanol–water partition coefficient (Wildman–Crippen LogP) is 2.88. The van der Waals surface area contributed by atoms with Crippen LogP contribution in [0.25, 0.3) is 0 Å². The van der Waals surface area contributed by atoms with E-state index in [-0.39, 0.29) is 0 Å². The summed E-state index contributed by atoms with van der Waals surface area (Å²) in [5, 5.41) is 3.47. The van der Waals surface area contributed by atoms with Gasteiger partial charge in [-0.15, -0.1) is 0 Å². The van der Waals surface area contributed by atoms with Crippen LogP contribution in [-0.2, 0) is 6.54 Å². The highest BCUT2D eigenvalue weighted by atomic mass is 15.2. The molecule has 3 rings (SSSR count). The number of hydrogen-bond donors (Lipinski definition) is 1. The molecule has 1 aromatic rings. The summed E-state index contributed by atoms with van der Waals surface area (Å²) >= 11 is 0. The molecule has 2 unspecified atom stereocenters. The number of aryl methyl sites for hydroxylation is 1. The second-order valence-corrected chi connectivity index (χ2v) is 6.43. The van der Waals surface area contributed by atoms with Crippen molar-refractivity contribution in [3.63, 3.8) is 0 Å². The third-order valence-electron chi connectivity index (χ3n) is 4.58. The third kappa shape index (κ3) is 2.62. The van der Waals surface area contributed by atoms with Crippen LogP contribution in [-0.4, -0.2) is 23.6 Å². The van der Waals surface area contributed by atoms with Crippen molar-refractivity contribution in [1.82, 2.24) is 10.3 Å². The fourth-order valence-corrected chi connectivity index (χ4v) is 3.44. The number of anilines is 1. The first-order valence-corrected chi connectivity index (χ1v) is 7.60. The average molecular weight is 259 g/mol. The number of pyridine rings is 1. The molecule has 104 valence electrons. The summed E-state index contributed by atoms with van der Waals surface area (Å²) in [5.41, 5.74) is 2.50. The van der Waals surface area contributed by atoms with Gasteiger partial charge in [0.2, 0.25) is 0 Å². The van der Waals surface area contributed by atoms with Gasteiger partial charge in [0.05, 0.1) is 0 Å². The Morgan fingerprint density at radius 3 is 2.79 bits per heavy atom. The summed E-state index contributed by atoms with van der Waals surface area (Å²) in [6.07, 6.45) is 4.18. The molecule has 1 saturated heterocycles. The third-order valence-corrected chi connectivity index (χ3v) is 4.58. The molecule has 1 aromatic heterocycles. The zero-order valence-corrected chi connectivity index (χ0v) is 12.3.